The number of rotatable bonds is 5. The molecule has 6 nitrogen and oxygen atoms in total. The van der Waals surface area contributed by atoms with Crippen molar-refractivity contribution in [2.75, 3.05) is 10.6 Å². The molecule has 0 saturated heterocycles. The van der Waals surface area contributed by atoms with Crippen molar-refractivity contribution < 1.29 is 22.4 Å². The molecule has 0 atom stereocenters. The highest BCUT2D eigenvalue weighted by Gasteiger charge is 2.31. The molecule has 2 N–H and O–H groups in total. The SMILES string of the molecule is Cc1ccc(Cn2ccnc2-c2ccncc2)cc1NC(=O)Nc1cc(C(F)(F)F)ccc1F. The second-order valence-electron chi connectivity index (χ2n) is 7.54. The van der Waals surface area contributed by atoms with Crippen molar-refractivity contribution in [2.24, 2.45) is 0 Å². The number of benzene rings is 2. The first-order chi connectivity index (χ1) is 16.2. The maximum absolute atomic E-state index is 14.0. The Hall–Kier alpha value is -4.21. The molecule has 2 aromatic carbocycles. The van der Waals surface area contributed by atoms with E-state index in [9.17, 15) is 22.4 Å². The first-order valence-corrected chi connectivity index (χ1v) is 10.2. The van der Waals surface area contributed by atoms with Gasteiger partial charge in [-0.05, 0) is 54.4 Å². The highest BCUT2D eigenvalue weighted by molar-refractivity contribution is 6.00. The van der Waals surface area contributed by atoms with Gasteiger partial charge in [0.15, 0.2) is 0 Å². The van der Waals surface area contributed by atoms with Crippen LogP contribution < -0.4 is 10.6 Å². The molecule has 0 spiro atoms. The van der Waals surface area contributed by atoms with E-state index in [2.05, 4.69) is 20.6 Å². The van der Waals surface area contributed by atoms with Gasteiger partial charge in [0.2, 0.25) is 0 Å². The normalized spacial score (nSPS) is 11.3. The van der Waals surface area contributed by atoms with Crippen molar-refractivity contribution in [1.29, 1.82) is 0 Å². The molecule has 34 heavy (non-hydrogen) atoms. The van der Waals surface area contributed by atoms with Gasteiger partial charge in [0.1, 0.15) is 11.6 Å². The summed E-state index contributed by atoms with van der Waals surface area (Å²) in [5.74, 6) is -0.229. The Balaban J connectivity index is 1.51. The van der Waals surface area contributed by atoms with E-state index in [0.29, 0.717) is 30.4 Å². The minimum absolute atomic E-state index is 0.438. The van der Waals surface area contributed by atoms with Crippen LogP contribution in [0.15, 0.2) is 73.3 Å². The molecular formula is C24H19F4N5O. The number of imidazole rings is 1. The van der Waals surface area contributed by atoms with Crippen LogP contribution in [0.5, 0.6) is 0 Å². The third kappa shape index (κ3) is 5.22. The molecule has 0 saturated carbocycles. The summed E-state index contributed by atoms with van der Waals surface area (Å²) in [5.41, 5.74) is 1.28. The number of hydrogen-bond acceptors (Lipinski definition) is 3. The fraction of sp³-hybridized carbons (Fsp3) is 0.125. The number of carbonyl (C=O) groups is 1. The Bertz CT molecular complexity index is 1320. The van der Waals surface area contributed by atoms with Crippen molar-refractivity contribution in [3.8, 4) is 11.4 Å². The average Bonchev–Trinajstić information content (AvgIpc) is 3.25. The van der Waals surface area contributed by atoms with Gasteiger partial charge in [-0.15, -0.1) is 0 Å². The minimum Gasteiger partial charge on any atom is -0.327 e. The maximum atomic E-state index is 14.0. The lowest BCUT2D eigenvalue weighted by Crippen LogP contribution is -2.21. The summed E-state index contributed by atoms with van der Waals surface area (Å²) >= 11 is 0. The maximum Gasteiger partial charge on any atom is 0.416 e. The molecule has 0 fully saturated rings. The topological polar surface area (TPSA) is 71.8 Å². The van der Waals surface area contributed by atoms with Crippen LogP contribution in [0, 0.1) is 12.7 Å². The number of halogens is 4. The molecule has 2 heterocycles. The van der Waals surface area contributed by atoms with Gasteiger partial charge in [-0.2, -0.15) is 13.2 Å². The van der Waals surface area contributed by atoms with Crippen molar-refractivity contribution >= 4 is 17.4 Å². The molecule has 0 aliphatic carbocycles. The Kier molecular flexibility index (Phi) is 6.31. The number of amides is 2. The quantitative estimate of drug-likeness (QED) is 0.347. The lowest BCUT2D eigenvalue weighted by atomic mass is 10.1. The number of nitrogens with one attached hydrogen (secondary N) is 2. The Labute approximate surface area is 192 Å². The fourth-order valence-electron chi connectivity index (χ4n) is 3.37. The molecule has 4 aromatic rings. The second kappa shape index (κ2) is 9.34. The van der Waals surface area contributed by atoms with Crippen LogP contribution in [0.1, 0.15) is 16.7 Å². The van der Waals surface area contributed by atoms with Gasteiger partial charge in [0, 0.05) is 42.6 Å². The Morgan fingerprint density at radius 2 is 1.71 bits per heavy atom. The summed E-state index contributed by atoms with van der Waals surface area (Å²) in [6, 6.07) is 10.1. The van der Waals surface area contributed by atoms with Crippen molar-refractivity contribution in [2.45, 2.75) is 19.6 Å². The monoisotopic (exact) mass is 469 g/mol. The van der Waals surface area contributed by atoms with Crippen molar-refractivity contribution in [1.82, 2.24) is 14.5 Å². The van der Waals surface area contributed by atoms with Crippen LogP contribution in [0.25, 0.3) is 11.4 Å². The van der Waals surface area contributed by atoms with E-state index in [4.69, 9.17) is 0 Å². The van der Waals surface area contributed by atoms with Crippen LogP contribution in [-0.2, 0) is 12.7 Å². The summed E-state index contributed by atoms with van der Waals surface area (Å²) in [4.78, 5) is 20.8. The summed E-state index contributed by atoms with van der Waals surface area (Å²) in [6.45, 7) is 2.22. The van der Waals surface area contributed by atoms with Gasteiger partial charge in [-0.25, -0.2) is 14.2 Å². The highest BCUT2D eigenvalue weighted by Crippen LogP contribution is 2.32. The number of carbonyl (C=O) groups excluding carboxylic acids is 1. The molecule has 0 unspecified atom stereocenters. The lowest BCUT2D eigenvalue weighted by molar-refractivity contribution is -0.137. The van der Waals surface area contributed by atoms with Crippen molar-refractivity contribution in [3.63, 3.8) is 0 Å². The molecule has 2 aromatic heterocycles. The van der Waals surface area contributed by atoms with Gasteiger partial charge in [-0.3, -0.25) is 4.98 Å². The molecule has 4 rings (SSSR count). The fourth-order valence-corrected chi connectivity index (χ4v) is 3.37. The number of alkyl halides is 3. The first-order valence-electron chi connectivity index (χ1n) is 10.2. The van der Waals surface area contributed by atoms with Crippen molar-refractivity contribution in [3.05, 3.63) is 95.8 Å². The summed E-state index contributed by atoms with van der Waals surface area (Å²) in [7, 11) is 0. The van der Waals surface area contributed by atoms with Gasteiger partial charge in [0.05, 0.1) is 11.3 Å². The third-order valence-corrected chi connectivity index (χ3v) is 5.10. The van der Waals surface area contributed by atoms with E-state index in [1.165, 1.54) is 0 Å². The highest BCUT2D eigenvalue weighted by atomic mass is 19.4. The van der Waals surface area contributed by atoms with Crippen LogP contribution in [0.2, 0.25) is 0 Å². The predicted molar refractivity (Wildman–Crippen MR) is 120 cm³/mol. The number of urea groups is 1. The molecule has 0 aliphatic rings. The number of anilines is 2. The van der Waals surface area contributed by atoms with Crippen LogP contribution in [0.3, 0.4) is 0 Å². The number of nitrogens with zero attached hydrogens (tertiary/aromatic N) is 3. The first kappa shape index (κ1) is 23.0. The van der Waals surface area contributed by atoms with Gasteiger partial charge >= 0.3 is 12.2 Å². The standard InChI is InChI=1S/C24H19F4N5O/c1-15-2-3-16(14-33-11-10-30-22(33)17-6-8-29-9-7-17)12-20(15)31-23(34)32-21-13-18(24(26,27)28)4-5-19(21)25/h2-13H,14H2,1H3,(H2,31,32,34). The predicted octanol–water partition coefficient (Wildman–Crippen LogP) is 6.10. The van der Waals surface area contributed by atoms with Gasteiger partial charge < -0.3 is 15.2 Å². The van der Waals surface area contributed by atoms with Gasteiger partial charge in [0.25, 0.3) is 0 Å². The molecule has 10 heteroatoms. The Morgan fingerprint density at radius 3 is 2.44 bits per heavy atom. The zero-order chi connectivity index (χ0) is 24.3. The van der Waals surface area contributed by atoms with E-state index in [1.807, 2.05) is 29.0 Å². The summed E-state index contributed by atoms with van der Waals surface area (Å²) < 4.78 is 54.6. The molecule has 0 bridgehead atoms. The molecule has 0 aliphatic heterocycles. The molecule has 2 amide bonds. The Morgan fingerprint density at radius 1 is 0.971 bits per heavy atom. The van der Waals surface area contributed by atoms with Crippen LogP contribution in [-0.4, -0.2) is 20.6 Å². The smallest absolute Gasteiger partial charge is 0.327 e. The average molecular weight is 469 g/mol. The molecular weight excluding hydrogens is 450 g/mol. The number of pyridine rings is 1. The largest absolute Gasteiger partial charge is 0.416 e. The van der Waals surface area contributed by atoms with E-state index in [1.54, 1.807) is 37.6 Å². The summed E-state index contributed by atoms with van der Waals surface area (Å²) in [6.07, 6.45) is 2.20. The lowest BCUT2D eigenvalue weighted by Gasteiger charge is -2.14. The van der Waals surface area contributed by atoms with E-state index < -0.39 is 29.3 Å². The van der Waals surface area contributed by atoms with E-state index >= 15 is 0 Å². The molecule has 174 valence electrons. The minimum atomic E-state index is -4.66. The number of hydrogen-bond donors (Lipinski definition) is 2. The zero-order valence-corrected chi connectivity index (χ0v) is 17.9. The third-order valence-electron chi connectivity index (χ3n) is 5.10. The van der Waals surface area contributed by atoms with E-state index in [0.717, 1.165) is 22.5 Å². The van der Waals surface area contributed by atoms with Gasteiger partial charge in [-0.1, -0.05) is 12.1 Å². The second-order valence-corrected chi connectivity index (χ2v) is 7.54. The number of aryl methyl sites for hydroxylation is 1. The summed E-state index contributed by atoms with van der Waals surface area (Å²) in [5, 5.41) is 4.73. The van der Waals surface area contributed by atoms with E-state index in [-0.39, 0.29) is 0 Å². The van der Waals surface area contributed by atoms with Crippen LogP contribution in [0.4, 0.5) is 33.7 Å². The zero-order valence-electron chi connectivity index (χ0n) is 17.9. The van der Waals surface area contributed by atoms with Crippen LogP contribution >= 0.6 is 0 Å². The number of aromatic nitrogens is 3. The molecule has 0 radical (unpaired) electrons.